The van der Waals surface area contributed by atoms with Crippen LogP contribution in [0.2, 0.25) is 0 Å². The zero-order chi connectivity index (χ0) is 10.5. The summed E-state index contributed by atoms with van der Waals surface area (Å²) in [5.41, 5.74) is 1.16. The Labute approximate surface area is 91.3 Å². The Morgan fingerprint density at radius 2 is 2.20 bits per heavy atom. The molecule has 0 radical (unpaired) electrons. The first-order chi connectivity index (χ1) is 7.42. The molecular weight excluding hydrogens is 186 g/mol. The van der Waals surface area contributed by atoms with Crippen molar-refractivity contribution in [2.75, 3.05) is 6.54 Å². The highest BCUT2D eigenvalue weighted by Gasteiger charge is 2.26. The molecule has 1 N–H and O–H groups in total. The van der Waals surface area contributed by atoms with Gasteiger partial charge in [0.1, 0.15) is 0 Å². The Balaban J connectivity index is 2.11. The topological polar surface area (TPSA) is 37.8 Å². The van der Waals surface area contributed by atoms with Gasteiger partial charge in [0.15, 0.2) is 0 Å². The fourth-order valence-corrected chi connectivity index (χ4v) is 2.49. The Hall–Kier alpha value is -0.960. The summed E-state index contributed by atoms with van der Waals surface area (Å²) < 4.78 is 0. The van der Waals surface area contributed by atoms with Crippen LogP contribution in [-0.2, 0) is 0 Å². The number of nitrogens with zero attached hydrogens (tertiary/aromatic N) is 2. The number of likely N-dealkylation sites (N-methyl/N-ethyl adjacent to an activating group) is 1. The van der Waals surface area contributed by atoms with Crippen molar-refractivity contribution >= 4 is 0 Å². The third-order valence-electron chi connectivity index (χ3n) is 3.20. The maximum absolute atomic E-state index is 4.43. The van der Waals surface area contributed by atoms with E-state index in [0.29, 0.717) is 12.0 Å². The number of aromatic nitrogens is 2. The number of hydrogen-bond acceptors (Lipinski definition) is 3. The van der Waals surface area contributed by atoms with Crippen molar-refractivity contribution in [1.82, 2.24) is 15.3 Å². The minimum absolute atomic E-state index is 0.562. The van der Waals surface area contributed by atoms with Gasteiger partial charge in [-0.3, -0.25) is 9.97 Å². The maximum Gasteiger partial charge on any atom is 0.0633 e. The molecule has 2 atom stereocenters. The van der Waals surface area contributed by atoms with Gasteiger partial charge in [-0.1, -0.05) is 19.8 Å². The van der Waals surface area contributed by atoms with Gasteiger partial charge in [-0.05, 0) is 19.4 Å². The third kappa shape index (κ3) is 2.53. The number of rotatable bonds is 3. The standard InChI is InChI=1S/C12H19N3/c1-2-14-11-6-4-3-5-10(11)12-9-13-7-8-15-12/h7-11,14H,2-6H2,1H3. The molecule has 0 saturated heterocycles. The average Bonchev–Trinajstić information content (AvgIpc) is 2.31. The van der Waals surface area contributed by atoms with Crippen LogP contribution in [0.5, 0.6) is 0 Å². The zero-order valence-electron chi connectivity index (χ0n) is 9.32. The van der Waals surface area contributed by atoms with Crippen LogP contribution in [-0.4, -0.2) is 22.6 Å². The van der Waals surface area contributed by atoms with Crippen LogP contribution in [0.4, 0.5) is 0 Å². The molecule has 0 amide bonds. The van der Waals surface area contributed by atoms with Gasteiger partial charge in [0.05, 0.1) is 5.69 Å². The molecule has 0 spiro atoms. The molecule has 15 heavy (non-hydrogen) atoms. The van der Waals surface area contributed by atoms with Crippen LogP contribution < -0.4 is 5.32 Å². The summed E-state index contributed by atoms with van der Waals surface area (Å²) in [6, 6.07) is 0.598. The Kier molecular flexibility index (Phi) is 3.67. The van der Waals surface area contributed by atoms with E-state index in [2.05, 4.69) is 22.2 Å². The predicted molar refractivity (Wildman–Crippen MR) is 60.7 cm³/mol. The highest BCUT2D eigenvalue weighted by molar-refractivity contribution is 5.08. The average molecular weight is 205 g/mol. The van der Waals surface area contributed by atoms with Crippen molar-refractivity contribution in [2.24, 2.45) is 0 Å². The summed E-state index contributed by atoms with van der Waals surface area (Å²) >= 11 is 0. The molecule has 0 bridgehead atoms. The van der Waals surface area contributed by atoms with Gasteiger partial charge >= 0.3 is 0 Å². The van der Waals surface area contributed by atoms with Crippen molar-refractivity contribution in [2.45, 2.75) is 44.6 Å². The fourth-order valence-electron chi connectivity index (χ4n) is 2.49. The second-order valence-electron chi connectivity index (χ2n) is 4.19. The van der Waals surface area contributed by atoms with Crippen LogP contribution in [0, 0.1) is 0 Å². The van der Waals surface area contributed by atoms with E-state index < -0.39 is 0 Å². The molecular formula is C12H19N3. The van der Waals surface area contributed by atoms with Crippen molar-refractivity contribution < 1.29 is 0 Å². The van der Waals surface area contributed by atoms with Gasteiger partial charge in [0.2, 0.25) is 0 Å². The van der Waals surface area contributed by atoms with E-state index in [-0.39, 0.29) is 0 Å². The molecule has 2 unspecified atom stereocenters. The summed E-state index contributed by atoms with van der Waals surface area (Å²) in [4.78, 5) is 8.60. The maximum atomic E-state index is 4.43. The van der Waals surface area contributed by atoms with Crippen LogP contribution in [0.25, 0.3) is 0 Å². The molecule has 0 aromatic carbocycles. The molecule has 1 heterocycles. The molecule has 3 heteroatoms. The highest BCUT2D eigenvalue weighted by atomic mass is 14.9. The molecule has 1 fully saturated rings. The number of nitrogens with one attached hydrogen (secondary N) is 1. The largest absolute Gasteiger partial charge is 0.314 e. The molecule has 1 aliphatic carbocycles. The molecule has 1 aliphatic rings. The molecule has 0 aliphatic heterocycles. The fraction of sp³-hybridized carbons (Fsp3) is 0.667. The molecule has 2 rings (SSSR count). The van der Waals surface area contributed by atoms with Gasteiger partial charge in [0, 0.05) is 30.6 Å². The van der Waals surface area contributed by atoms with Gasteiger partial charge in [0.25, 0.3) is 0 Å². The number of hydrogen-bond donors (Lipinski definition) is 1. The van der Waals surface area contributed by atoms with Gasteiger partial charge in [-0.2, -0.15) is 0 Å². The van der Waals surface area contributed by atoms with E-state index in [1.807, 2.05) is 6.20 Å². The Bertz CT molecular complexity index is 284. The highest BCUT2D eigenvalue weighted by Crippen LogP contribution is 2.31. The van der Waals surface area contributed by atoms with E-state index in [1.54, 1.807) is 12.4 Å². The first-order valence-corrected chi connectivity index (χ1v) is 5.91. The van der Waals surface area contributed by atoms with Crippen molar-refractivity contribution in [1.29, 1.82) is 0 Å². The minimum atomic E-state index is 0.562. The predicted octanol–water partition coefficient (Wildman–Crippen LogP) is 2.11. The van der Waals surface area contributed by atoms with E-state index in [1.165, 1.54) is 25.7 Å². The zero-order valence-corrected chi connectivity index (χ0v) is 9.32. The Morgan fingerprint density at radius 1 is 1.33 bits per heavy atom. The quantitative estimate of drug-likeness (QED) is 0.821. The lowest BCUT2D eigenvalue weighted by molar-refractivity contribution is 0.327. The van der Waals surface area contributed by atoms with E-state index in [4.69, 9.17) is 0 Å². The van der Waals surface area contributed by atoms with E-state index >= 15 is 0 Å². The van der Waals surface area contributed by atoms with E-state index in [0.717, 1.165) is 12.2 Å². The smallest absolute Gasteiger partial charge is 0.0633 e. The molecule has 3 nitrogen and oxygen atoms in total. The summed E-state index contributed by atoms with van der Waals surface area (Å²) in [5, 5.41) is 3.57. The first-order valence-electron chi connectivity index (χ1n) is 5.91. The second-order valence-corrected chi connectivity index (χ2v) is 4.19. The van der Waals surface area contributed by atoms with Gasteiger partial charge < -0.3 is 5.32 Å². The molecule has 1 aromatic rings. The van der Waals surface area contributed by atoms with Gasteiger partial charge in [-0.25, -0.2) is 0 Å². The summed E-state index contributed by atoms with van der Waals surface area (Å²) in [6.07, 6.45) is 10.6. The lowest BCUT2D eigenvalue weighted by atomic mass is 9.82. The lowest BCUT2D eigenvalue weighted by Gasteiger charge is -2.31. The van der Waals surface area contributed by atoms with E-state index in [9.17, 15) is 0 Å². The van der Waals surface area contributed by atoms with Crippen molar-refractivity contribution in [3.05, 3.63) is 24.3 Å². The monoisotopic (exact) mass is 205 g/mol. The summed E-state index contributed by atoms with van der Waals surface area (Å²) in [7, 11) is 0. The second kappa shape index (κ2) is 5.21. The van der Waals surface area contributed by atoms with Gasteiger partial charge in [-0.15, -0.1) is 0 Å². The summed E-state index contributed by atoms with van der Waals surface area (Å²) in [6.45, 7) is 3.21. The lowest BCUT2D eigenvalue weighted by Crippen LogP contribution is -2.37. The van der Waals surface area contributed by atoms with Crippen LogP contribution in [0.15, 0.2) is 18.6 Å². The minimum Gasteiger partial charge on any atom is -0.314 e. The normalized spacial score (nSPS) is 26.5. The Morgan fingerprint density at radius 3 is 2.93 bits per heavy atom. The van der Waals surface area contributed by atoms with Crippen molar-refractivity contribution in [3.8, 4) is 0 Å². The SMILES string of the molecule is CCNC1CCCCC1c1cnccn1. The van der Waals surface area contributed by atoms with Crippen LogP contribution >= 0.6 is 0 Å². The van der Waals surface area contributed by atoms with Crippen molar-refractivity contribution in [3.63, 3.8) is 0 Å². The summed E-state index contributed by atoms with van der Waals surface area (Å²) in [5.74, 6) is 0.562. The van der Waals surface area contributed by atoms with Crippen LogP contribution in [0.3, 0.4) is 0 Å². The first kappa shape index (κ1) is 10.6. The van der Waals surface area contributed by atoms with Crippen LogP contribution in [0.1, 0.15) is 44.2 Å². The molecule has 1 saturated carbocycles. The molecule has 1 aromatic heterocycles. The molecule has 82 valence electrons. The third-order valence-corrected chi connectivity index (χ3v) is 3.20.